The van der Waals surface area contributed by atoms with E-state index in [4.69, 9.17) is 9.15 Å². The molecule has 0 spiro atoms. The van der Waals surface area contributed by atoms with Crippen molar-refractivity contribution in [1.29, 1.82) is 0 Å². The molecule has 1 saturated heterocycles. The summed E-state index contributed by atoms with van der Waals surface area (Å²) in [5.74, 6) is 0.473. The Balaban J connectivity index is 1.65. The van der Waals surface area contributed by atoms with Crippen molar-refractivity contribution in [2.45, 2.75) is 45.6 Å². The van der Waals surface area contributed by atoms with E-state index >= 15 is 0 Å². The highest BCUT2D eigenvalue weighted by Crippen LogP contribution is 2.14. The highest BCUT2D eigenvalue weighted by atomic mass is 16.5. The summed E-state index contributed by atoms with van der Waals surface area (Å²) in [6.07, 6.45) is 4.70. The van der Waals surface area contributed by atoms with Gasteiger partial charge in [0, 0.05) is 25.6 Å². The van der Waals surface area contributed by atoms with Crippen molar-refractivity contribution in [3.8, 4) is 0 Å². The lowest BCUT2D eigenvalue weighted by Gasteiger charge is -2.32. The second-order valence-corrected chi connectivity index (χ2v) is 5.89. The van der Waals surface area contributed by atoms with Crippen LogP contribution in [-0.2, 0) is 9.53 Å². The maximum atomic E-state index is 12.1. The summed E-state index contributed by atoms with van der Waals surface area (Å²) in [4.78, 5) is 25.8. The summed E-state index contributed by atoms with van der Waals surface area (Å²) < 4.78 is 10.1. The number of nitrogens with one attached hydrogen (secondary N) is 1. The van der Waals surface area contributed by atoms with Crippen LogP contribution in [0.1, 0.15) is 48.7 Å². The molecule has 1 fully saturated rings. The van der Waals surface area contributed by atoms with Crippen LogP contribution in [0.15, 0.2) is 16.7 Å². The molecule has 0 unspecified atom stereocenters. The molecule has 128 valence electrons. The van der Waals surface area contributed by atoms with Gasteiger partial charge in [0.25, 0.3) is 5.91 Å². The summed E-state index contributed by atoms with van der Waals surface area (Å²) in [6, 6.07) is 1.91. The highest BCUT2D eigenvalue weighted by molar-refractivity contribution is 5.95. The Labute approximate surface area is 137 Å². The number of amides is 1. The molecule has 1 aliphatic rings. The molecule has 0 saturated carbocycles. The predicted molar refractivity (Wildman–Crippen MR) is 86.2 cm³/mol. The first-order valence-corrected chi connectivity index (χ1v) is 8.33. The molecular weight excluding hydrogens is 296 g/mol. The fraction of sp³-hybridized carbons (Fsp3) is 0.647. The lowest BCUT2D eigenvalue weighted by Crippen LogP contribution is -2.44. The minimum absolute atomic E-state index is 0.0583. The lowest BCUT2D eigenvalue weighted by molar-refractivity contribution is -0.143. The number of carbonyl (C=O) groups excluding carboxylic acids is 2. The highest BCUT2D eigenvalue weighted by Gasteiger charge is 2.22. The molecule has 1 aromatic heterocycles. The number of ether oxygens (including phenoxy) is 1. The number of hydrogen-bond donors (Lipinski definition) is 1. The maximum Gasteiger partial charge on any atom is 0.305 e. The molecule has 1 aromatic rings. The third-order valence-corrected chi connectivity index (χ3v) is 4.19. The van der Waals surface area contributed by atoms with Crippen LogP contribution in [0.3, 0.4) is 0 Å². The van der Waals surface area contributed by atoms with Gasteiger partial charge < -0.3 is 19.4 Å². The van der Waals surface area contributed by atoms with E-state index in [2.05, 4.69) is 10.2 Å². The number of nitrogens with zero attached hydrogens (tertiary/aromatic N) is 1. The van der Waals surface area contributed by atoms with E-state index in [1.54, 1.807) is 13.0 Å². The number of likely N-dealkylation sites (tertiary alicyclic amines) is 1. The molecule has 1 N–H and O–H groups in total. The zero-order valence-electron chi connectivity index (χ0n) is 14.0. The van der Waals surface area contributed by atoms with Crippen molar-refractivity contribution in [3.05, 3.63) is 23.7 Å². The van der Waals surface area contributed by atoms with Crippen LogP contribution in [0, 0.1) is 6.92 Å². The van der Waals surface area contributed by atoms with Gasteiger partial charge in [0.2, 0.25) is 0 Å². The van der Waals surface area contributed by atoms with Gasteiger partial charge in [-0.25, -0.2) is 0 Å². The van der Waals surface area contributed by atoms with Gasteiger partial charge in [0.15, 0.2) is 0 Å². The third kappa shape index (κ3) is 5.39. The van der Waals surface area contributed by atoms with E-state index in [0.29, 0.717) is 24.4 Å². The zero-order chi connectivity index (χ0) is 16.7. The molecule has 0 aliphatic carbocycles. The van der Waals surface area contributed by atoms with E-state index in [1.165, 1.54) is 6.26 Å². The number of hydrogen-bond acceptors (Lipinski definition) is 5. The molecular formula is C17H26N2O4. The van der Waals surface area contributed by atoms with E-state index in [9.17, 15) is 9.59 Å². The Bertz CT molecular complexity index is 518. The van der Waals surface area contributed by atoms with Crippen molar-refractivity contribution in [2.75, 3.05) is 26.2 Å². The molecule has 2 heterocycles. The molecule has 6 heteroatoms. The van der Waals surface area contributed by atoms with Gasteiger partial charge in [-0.3, -0.25) is 9.59 Å². The van der Waals surface area contributed by atoms with E-state index < -0.39 is 0 Å². The fourth-order valence-electron chi connectivity index (χ4n) is 2.86. The first-order chi connectivity index (χ1) is 11.1. The van der Waals surface area contributed by atoms with Gasteiger partial charge in [-0.15, -0.1) is 0 Å². The number of aryl methyl sites for hydroxylation is 1. The molecule has 2 rings (SSSR count). The smallest absolute Gasteiger partial charge is 0.305 e. The molecule has 0 aromatic carbocycles. The summed E-state index contributed by atoms with van der Waals surface area (Å²) in [5.41, 5.74) is 0.613. The molecule has 23 heavy (non-hydrogen) atoms. The van der Waals surface area contributed by atoms with Crippen LogP contribution in [0.25, 0.3) is 0 Å². The SMILES string of the molecule is CCOC(=O)CCCN1CCC(NC(=O)c2ccoc2C)CC1. The van der Waals surface area contributed by atoms with Crippen molar-refractivity contribution in [1.82, 2.24) is 10.2 Å². The summed E-state index contributed by atoms with van der Waals surface area (Å²) in [5, 5.41) is 3.07. The van der Waals surface area contributed by atoms with Crippen LogP contribution in [0.2, 0.25) is 0 Å². The number of esters is 1. The quantitative estimate of drug-likeness (QED) is 0.779. The normalized spacial score (nSPS) is 16.3. The van der Waals surface area contributed by atoms with Gasteiger partial charge in [-0.2, -0.15) is 0 Å². The van der Waals surface area contributed by atoms with Gasteiger partial charge in [0.1, 0.15) is 5.76 Å². The van der Waals surface area contributed by atoms with Crippen LogP contribution in [-0.4, -0.2) is 49.1 Å². The number of carbonyl (C=O) groups is 2. The molecule has 1 aliphatic heterocycles. The first kappa shape index (κ1) is 17.5. The van der Waals surface area contributed by atoms with E-state index in [1.807, 2.05) is 6.92 Å². The van der Waals surface area contributed by atoms with E-state index in [0.717, 1.165) is 38.9 Å². The summed E-state index contributed by atoms with van der Waals surface area (Å²) in [6.45, 7) is 6.85. The second kappa shape index (κ2) is 8.72. The first-order valence-electron chi connectivity index (χ1n) is 8.33. The summed E-state index contributed by atoms with van der Waals surface area (Å²) in [7, 11) is 0. The van der Waals surface area contributed by atoms with Crippen molar-refractivity contribution in [2.24, 2.45) is 0 Å². The second-order valence-electron chi connectivity index (χ2n) is 5.89. The van der Waals surface area contributed by atoms with Gasteiger partial charge >= 0.3 is 5.97 Å². The maximum absolute atomic E-state index is 12.1. The lowest BCUT2D eigenvalue weighted by atomic mass is 10.0. The van der Waals surface area contributed by atoms with Crippen LogP contribution >= 0.6 is 0 Å². The number of rotatable bonds is 7. The predicted octanol–water partition coefficient (Wildman–Crippen LogP) is 2.13. The Morgan fingerprint density at radius 3 is 2.74 bits per heavy atom. The van der Waals surface area contributed by atoms with Crippen molar-refractivity contribution in [3.63, 3.8) is 0 Å². The Morgan fingerprint density at radius 1 is 1.39 bits per heavy atom. The zero-order valence-corrected chi connectivity index (χ0v) is 14.0. The van der Waals surface area contributed by atoms with Crippen molar-refractivity contribution < 1.29 is 18.7 Å². The van der Waals surface area contributed by atoms with Crippen molar-refractivity contribution >= 4 is 11.9 Å². The monoisotopic (exact) mass is 322 g/mol. The van der Waals surface area contributed by atoms with Gasteiger partial charge in [-0.05, 0) is 45.7 Å². The Morgan fingerprint density at radius 2 is 2.13 bits per heavy atom. The minimum Gasteiger partial charge on any atom is -0.469 e. The minimum atomic E-state index is -0.120. The van der Waals surface area contributed by atoms with Gasteiger partial charge in [-0.1, -0.05) is 0 Å². The largest absolute Gasteiger partial charge is 0.469 e. The number of furan rings is 1. The average Bonchev–Trinajstić information content (AvgIpc) is 2.95. The molecule has 0 radical (unpaired) electrons. The van der Waals surface area contributed by atoms with Crippen LogP contribution in [0.4, 0.5) is 0 Å². The standard InChI is InChI=1S/C17H26N2O4/c1-3-22-16(20)5-4-9-19-10-6-14(7-11-19)18-17(21)15-8-12-23-13(15)2/h8,12,14H,3-7,9-11H2,1-2H3,(H,18,21). The third-order valence-electron chi connectivity index (χ3n) is 4.19. The molecule has 0 bridgehead atoms. The fourth-order valence-corrected chi connectivity index (χ4v) is 2.86. The topological polar surface area (TPSA) is 71.8 Å². The van der Waals surface area contributed by atoms with Crippen LogP contribution < -0.4 is 5.32 Å². The average molecular weight is 322 g/mol. The van der Waals surface area contributed by atoms with Crippen LogP contribution in [0.5, 0.6) is 0 Å². The molecule has 1 amide bonds. The Hall–Kier alpha value is -1.82. The Kier molecular flexibility index (Phi) is 6.65. The molecule has 0 atom stereocenters. The molecule has 6 nitrogen and oxygen atoms in total. The number of piperidine rings is 1. The van der Waals surface area contributed by atoms with Gasteiger partial charge in [0.05, 0.1) is 18.4 Å². The van der Waals surface area contributed by atoms with E-state index in [-0.39, 0.29) is 17.9 Å². The summed E-state index contributed by atoms with van der Waals surface area (Å²) >= 11 is 0.